The van der Waals surface area contributed by atoms with Crippen molar-refractivity contribution in [3.63, 3.8) is 0 Å². The van der Waals surface area contributed by atoms with Crippen molar-refractivity contribution in [1.82, 2.24) is 15.0 Å². The molecule has 4 N–H and O–H groups in total. The summed E-state index contributed by atoms with van der Waals surface area (Å²) >= 11 is 3.54. The number of alkyl halides is 3. The minimum Gasteiger partial charge on any atom is -0.475 e. The third-order valence-electron chi connectivity index (χ3n) is 3.31. The van der Waals surface area contributed by atoms with Crippen molar-refractivity contribution >= 4 is 44.7 Å². The minimum atomic E-state index is -5.08. The Hall–Kier alpha value is -2.95. The summed E-state index contributed by atoms with van der Waals surface area (Å²) in [7, 11) is 0. The Morgan fingerprint density at radius 3 is 2.39 bits per heavy atom. The second-order valence-electron chi connectivity index (χ2n) is 5.31. The third kappa shape index (κ3) is 5.28. The Kier molecular flexibility index (Phi) is 6.73. The number of nitrogens with two attached hydrogens (primary N) is 1. The number of rotatable bonds is 3. The summed E-state index contributed by atoms with van der Waals surface area (Å²) in [5, 5.41) is 11.2. The van der Waals surface area contributed by atoms with E-state index in [9.17, 15) is 13.2 Å². The van der Waals surface area contributed by atoms with Gasteiger partial charge in [0.05, 0.1) is 11.1 Å². The van der Waals surface area contributed by atoms with Gasteiger partial charge in [-0.05, 0) is 25.1 Å². The van der Waals surface area contributed by atoms with Crippen LogP contribution in [0.2, 0.25) is 0 Å². The number of anilines is 2. The fourth-order valence-electron chi connectivity index (χ4n) is 2.15. The van der Waals surface area contributed by atoms with E-state index in [1.807, 2.05) is 43.3 Å². The second kappa shape index (κ2) is 8.83. The molecule has 2 aromatic heterocycles. The number of carbonyl (C=O) groups is 1. The maximum atomic E-state index is 10.6. The maximum absolute atomic E-state index is 10.6. The van der Waals surface area contributed by atoms with Crippen LogP contribution in [0.15, 0.2) is 40.9 Å². The molecule has 0 spiro atoms. The molecule has 0 atom stereocenters. The molecule has 0 aliphatic carbocycles. The van der Waals surface area contributed by atoms with E-state index in [2.05, 4.69) is 36.2 Å². The lowest BCUT2D eigenvalue weighted by Crippen LogP contribution is -2.21. The lowest BCUT2D eigenvalue weighted by atomic mass is 10.1. The minimum absolute atomic E-state index is 0.218. The van der Waals surface area contributed by atoms with Crippen LogP contribution >= 0.6 is 15.9 Å². The molecule has 0 bridgehead atoms. The van der Waals surface area contributed by atoms with Gasteiger partial charge in [0, 0.05) is 16.6 Å². The van der Waals surface area contributed by atoms with Crippen LogP contribution < -0.4 is 11.1 Å². The van der Waals surface area contributed by atoms with Crippen molar-refractivity contribution < 1.29 is 23.1 Å². The second-order valence-corrected chi connectivity index (χ2v) is 6.17. The molecule has 7 nitrogen and oxygen atoms in total. The van der Waals surface area contributed by atoms with Crippen LogP contribution in [0, 0.1) is 0 Å². The highest BCUT2D eigenvalue weighted by Gasteiger charge is 2.38. The normalized spacial score (nSPS) is 10.9. The fourth-order valence-corrected chi connectivity index (χ4v) is 2.64. The van der Waals surface area contributed by atoms with Crippen LogP contribution in [0.5, 0.6) is 0 Å². The van der Waals surface area contributed by atoms with E-state index in [1.165, 1.54) is 0 Å². The Morgan fingerprint density at radius 1 is 1.18 bits per heavy atom. The molecule has 0 amide bonds. The molecule has 2 heterocycles. The summed E-state index contributed by atoms with van der Waals surface area (Å²) in [6, 6.07) is 11.9. The topological polar surface area (TPSA) is 114 Å². The van der Waals surface area contributed by atoms with E-state index in [4.69, 9.17) is 15.6 Å². The smallest absolute Gasteiger partial charge is 0.475 e. The third-order valence-corrected chi connectivity index (χ3v) is 4.01. The molecule has 148 valence electrons. The number of fused-ring (bicyclic) bond motifs is 1. The molecule has 0 saturated heterocycles. The zero-order chi connectivity index (χ0) is 20.9. The number of aliphatic carboxylic acids is 1. The van der Waals surface area contributed by atoms with E-state index in [-0.39, 0.29) is 5.95 Å². The zero-order valence-corrected chi connectivity index (χ0v) is 16.0. The molecular weight excluding hydrogens is 443 g/mol. The summed E-state index contributed by atoms with van der Waals surface area (Å²) in [6.45, 7) is 2.77. The van der Waals surface area contributed by atoms with Gasteiger partial charge in [-0.25, -0.2) is 9.78 Å². The van der Waals surface area contributed by atoms with E-state index in [0.717, 1.165) is 27.7 Å². The Morgan fingerprint density at radius 2 is 1.82 bits per heavy atom. The van der Waals surface area contributed by atoms with Crippen molar-refractivity contribution in [2.24, 2.45) is 0 Å². The van der Waals surface area contributed by atoms with Gasteiger partial charge in [-0.1, -0.05) is 34.1 Å². The van der Waals surface area contributed by atoms with Crippen molar-refractivity contribution in [1.29, 1.82) is 0 Å². The maximum Gasteiger partial charge on any atom is 0.490 e. The first kappa shape index (κ1) is 21.4. The van der Waals surface area contributed by atoms with Crippen LogP contribution in [0.3, 0.4) is 0 Å². The van der Waals surface area contributed by atoms with Gasteiger partial charge in [-0.3, -0.25) is 0 Å². The number of halogens is 4. The molecular formula is C17H15BrF3N5O2. The number of hydrogen-bond donors (Lipinski definition) is 3. The van der Waals surface area contributed by atoms with Gasteiger partial charge in [0.25, 0.3) is 0 Å². The first-order valence-electron chi connectivity index (χ1n) is 7.86. The number of benzene rings is 1. The number of hydrogen-bond acceptors (Lipinski definition) is 6. The van der Waals surface area contributed by atoms with Gasteiger partial charge in [0.1, 0.15) is 5.82 Å². The first-order chi connectivity index (χ1) is 13.1. The number of nitrogens with zero attached hydrogens (tertiary/aromatic N) is 3. The molecule has 0 saturated carbocycles. The van der Waals surface area contributed by atoms with Gasteiger partial charge in [-0.2, -0.15) is 23.1 Å². The van der Waals surface area contributed by atoms with Crippen molar-refractivity contribution in [2.75, 3.05) is 17.6 Å². The largest absolute Gasteiger partial charge is 0.490 e. The summed E-state index contributed by atoms with van der Waals surface area (Å²) in [5.74, 6) is -1.83. The molecule has 0 radical (unpaired) electrons. The number of aromatic nitrogens is 3. The highest BCUT2D eigenvalue weighted by atomic mass is 79.9. The van der Waals surface area contributed by atoms with Gasteiger partial charge in [0.2, 0.25) is 5.95 Å². The van der Waals surface area contributed by atoms with Crippen LogP contribution in [-0.4, -0.2) is 38.7 Å². The van der Waals surface area contributed by atoms with Crippen LogP contribution in [0.4, 0.5) is 24.9 Å². The van der Waals surface area contributed by atoms with Crippen LogP contribution in [0.1, 0.15) is 6.92 Å². The number of nitrogen functional groups attached to an aromatic ring is 1. The standard InChI is InChI=1S/C15H14BrN5.C2HF3O2/c1-2-18-13-10-7-8-12(9-5-3-4-6-11(9)16)19-14(10)21-15(17)20-13;3-2(4,5)1(6)7/h3-8H,2H2,1H3,(H3,17,18,19,20,21);(H,6,7). The molecule has 0 unspecified atom stereocenters. The summed E-state index contributed by atoms with van der Waals surface area (Å²) in [6.07, 6.45) is -5.08. The Balaban J connectivity index is 0.000000345. The van der Waals surface area contributed by atoms with Crippen LogP contribution in [0.25, 0.3) is 22.3 Å². The van der Waals surface area contributed by atoms with Gasteiger partial charge < -0.3 is 16.2 Å². The van der Waals surface area contributed by atoms with E-state index >= 15 is 0 Å². The lowest BCUT2D eigenvalue weighted by molar-refractivity contribution is -0.192. The first-order valence-corrected chi connectivity index (χ1v) is 8.66. The van der Waals surface area contributed by atoms with E-state index < -0.39 is 12.1 Å². The predicted octanol–water partition coefficient (Wildman–Crippen LogP) is 4.10. The molecule has 3 aromatic rings. The molecule has 0 aliphatic heterocycles. The van der Waals surface area contributed by atoms with Crippen LogP contribution in [-0.2, 0) is 4.79 Å². The average molecular weight is 458 g/mol. The lowest BCUT2D eigenvalue weighted by Gasteiger charge is -2.09. The summed E-state index contributed by atoms with van der Waals surface area (Å²) in [4.78, 5) is 22.0. The highest BCUT2D eigenvalue weighted by molar-refractivity contribution is 9.10. The van der Waals surface area contributed by atoms with Crippen molar-refractivity contribution in [3.05, 3.63) is 40.9 Å². The predicted molar refractivity (Wildman–Crippen MR) is 103 cm³/mol. The number of carboxylic acids is 1. The molecule has 0 fully saturated rings. The van der Waals surface area contributed by atoms with Gasteiger partial charge in [0.15, 0.2) is 5.65 Å². The highest BCUT2D eigenvalue weighted by Crippen LogP contribution is 2.29. The molecule has 28 heavy (non-hydrogen) atoms. The van der Waals surface area contributed by atoms with E-state index in [1.54, 1.807) is 0 Å². The van der Waals surface area contributed by atoms with Crippen molar-refractivity contribution in [3.8, 4) is 11.3 Å². The average Bonchev–Trinajstić information content (AvgIpc) is 2.61. The molecule has 1 aromatic carbocycles. The zero-order valence-electron chi connectivity index (χ0n) is 14.5. The molecule has 3 rings (SSSR count). The van der Waals surface area contributed by atoms with Gasteiger partial charge >= 0.3 is 12.1 Å². The monoisotopic (exact) mass is 457 g/mol. The van der Waals surface area contributed by atoms with Gasteiger partial charge in [-0.15, -0.1) is 0 Å². The quantitative estimate of drug-likeness (QED) is 0.542. The summed E-state index contributed by atoms with van der Waals surface area (Å²) in [5.41, 5.74) is 8.21. The number of carboxylic acid groups (broad SMARTS) is 1. The van der Waals surface area contributed by atoms with E-state index in [0.29, 0.717) is 11.5 Å². The van der Waals surface area contributed by atoms with Crippen molar-refractivity contribution in [2.45, 2.75) is 13.1 Å². The number of nitrogens with one attached hydrogen (secondary N) is 1. The fraction of sp³-hybridized carbons (Fsp3) is 0.176. The number of pyridine rings is 1. The molecule has 0 aliphatic rings. The Bertz CT molecular complexity index is 998. The SMILES string of the molecule is CCNc1nc(N)nc2nc(-c3ccccc3Br)ccc12.O=C(O)C(F)(F)F. The summed E-state index contributed by atoms with van der Waals surface area (Å²) < 4.78 is 32.7. The Labute approximate surface area is 166 Å². The molecule has 11 heteroatoms.